The van der Waals surface area contributed by atoms with E-state index < -0.39 is 10.0 Å². The van der Waals surface area contributed by atoms with Crippen LogP contribution in [0.2, 0.25) is 0 Å². The van der Waals surface area contributed by atoms with Gasteiger partial charge in [-0.2, -0.15) is 0 Å². The van der Waals surface area contributed by atoms with Gasteiger partial charge >= 0.3 is 5.69 Å². The van der Waals surface area contributed by atoms with Gasteiger partial charge in [-0.1, -0.05) is 18.2 Å². The van der Waals surface area contributed by atoms with Crippen LogP contribution in [0.15, 0.2) is 107 Å². The Morgan fingerprint density at radius 2 is 1.44 bits per heavy atom. The van der Waals surface area contributed by atoms with Gasteiger partial charge in [0.15, 0.2) is 0 Å². The van der Waals surface area contributed by atoms with E-state index in [0.717, 1.165) is 18.8 Å². The van der Waals surface area contributed by atoms with Crippen LogP contribution >= 0.6 is 0 Å². The van der Waals surface area contributed by atoms with Gasteiger partial charge in [-0.3, -0.25) is 9.36 Å². The summed E-state index contributed by atoms with van der Waals surface area (Å²) in [6, 6.07) is 28.8. The standard InChI is InChI=1S/C30H28N6O4S/c31-41(39,40)26-13-8-22(9-14-26)32-23-10-15-28-27(20-23)33-30(38)36(28)25-11-6-21(7-12-25)29(37)35-18-16-34(17-19-35)24-4-2-1-3-5-24/h1-15,20,32H,16-19H2,(H,33,38)(H2,31,39,40). The van der Waals surface area contributed by atoms with Gasteiger partial charge in [0.05, 0.1) is 21.6 Å². The molecule has 0 spiro atoms. The number of rotatable bonds is 6. The molecule has 0 atom stereocenters. The zero-order valence-corrected chi connectivity index (χ0v) is 22.8. The Kier molecular flexibility index (Phi) is 6.82. The first-order valence-electron chi connectivity index (χ1n) is 13.1. The van der Waals surface area contributed by atoms with Crippen LogP contribution in [0.3, 0.4) is 0 Å². The molecule has 4 aromatic carbocycles. The second-order valence-corrected chi connectivity index (χ2v) is 11.4. The number of benzene rings is 4. The predicted octanol–water partition coefficient (Wildman–Crippen LogP) is 3.67. The SMILES string of the molecule is NS(=O)(=O)c1ccc(Nc2ccc3c(c2)[nH]c(=O)n3-c2ccc(C(=O)N3CCN(c4ccccc4)CC3)cc2)cc1. The van der Waals surface area contributed by atoms with E-state index in [-0.39, 0.29) is 16.5 Å². The number of fused-ring (bicyclic) bond motifs is 1. The van der Waals surface area contributed by atoms with Crippen LogP contribution in [-0.2, 0) is 10.0 Å². The third kappa shape index (κ3) is 5.45. The predicted molar refractivity (Wildman–Crippen MR) is 160 cm³/mol. The summed E-state index contributed by atoms with van der Waals surface area (Å²) in [4.78, 5) is 33.1. The van der Waals surface area contributed by atoms with Crippen LogP contribution in [0.1, 0.15) is 10.4 Å². The Morgan fingerprint density at radius 3 is 2.10 bits per heavy atom. The van der Waals surface area contributed by atoms with Crippen molar-refractivity contribution in [3.63, 3.8) is 0 Å². The number of H-pyrrole nitrogens is 1. The zero-order valence-electron chi connectivity index (χ0n) is 22.0. The lowest BCUT2D eigenvalue weighted by Crippen LogP contribution is -2.48. The van der Waals surface area contributed by atoms with Gasteiger partial charge < -0.3 is 20.1 Å². The molecular formula is C30H28N6O4S. The van der Waals surface area contributed by atoms with Crippen LogP contribution in [0.4, 0.5) is 17.1 Å². The number of carbonyl (C=O) groups is 1. The van der Waals surface area contributed by atoms with Crippen molar-refractivity contribution in [1.82, 2.24) is 14.5 Å². The maximum absolute atomic E-state index is 13.2. The number of nitrogens with one attached hydrogen (secondary N) is 2. The van der Waals surface area contributed by atoms with Gasteiger partial charge in [0.1, 0.15) is 0 Å². The van der Waals surface area contributed by atoms with Crippen molar-refractivity contribution < 1.29 is 13.2 Å². The van der Waals surface area contributed by atoms with Crippen molar-refractivity contribution in [2.24, 2.45) is 5.14 Å². The summed E-state index contributed by atoms with van der Waals surface area (Å²) in [5.41, 5.74) is 4.77. The summed E-state index contributed by atoms with van der Waals surface area (Å²) in [6.45, 7) is 2.83. The Balaban J connectivity index is 1.16. The number of anilines is 3. The Bertz CT molecular complexity index is 1870. The molecule has 5 aromatic rings. The molecule has 1 aliphatic heterocycles. The Morgan fingerprint density at radius 1 is 0.780 bits per heavy atom. The van der Waals surface area contributed by atoms with Crippen molar-refractivity contribution in [2.45, 2.75) is 4.90 Å². The molecule has 6 rings (SSSR count). The maximum Gasteiger partial charge on any atom is 0.331 e. The van der Waals surface area contributed by atoms with E-state index in [1.54, 1.807) is 47.0 Å². The molecule has 1 aliphatic rings. The van der Waals surface area contributed by atoms with Crippen LogP contribution in [0.25, 0.3) is 16.7 Å². The number of para-hydroxylation sites is 1. The number of carbonyl (C=O) groups excluding carboxylic acids is 1. The van der Waals surface area contributed by atoms with Crippen LogP contribution in [-0.4, -0.2) is 55.0 Å². The molecule has 1 amide bonds. The highest BCUT2D eigenvalue weighted by atomic mass is 32.2. The van der Waals surface area contributed by atoms with E-state index in [1.165, 1.54) is 12.1 Å². The first-order valence-corrected chi connectivity index (χ1v) is 14.7. The number of aromatic nitrogens is 2. The van der Waals surface area contributed by atoms with E-state index in [0.29, 0.717) is 46.7 Å². The number of aromatic amines is 1. The van der Waals surface area contributed by atoms with Crippen molar-refractivity contribution in [1.29, 1.82) is 0 Å². The fourth-order valence-corrected chi connectivity index (χ4v) is 5.60. The lowest BCUT2D eigenvalue weighted by Gasteiger charge is -2.36. The fourth-order valence-electron chi connectivity index (χ4n) is 5.08. The van der Waals surface area contributed by atoms with Gasteiger partial charge in [-0.25, -0.2) is 18.4 Å². The summed E-state index contributed by atoms with van der Waals surface area (Å²) < 4.78 is 24.5. The smallest absolute Gasteiger partial charge is 0.331 e. The van der Waals surface area contributed by atoms with Crippen molar-refractivity contribution in [3.8, 4) is 5.69 Å². The number of nitrogens with two attached hydrogens (primary N) is 1. The number of sulfonamides is 1. The molecule has 0 bridgehead atoms. The normalized spacial score (nSPS) is 13.9. The Labute approximate surface area is 236 Å². The molecule has 1 aromatic heterocycles. The van der Waals surface area contributed by atoms with Gasteiger partial charge in [-0.15, -0.1) is 0 Å². The highest BCUT2D eigenvalue weighted by Crippen LogP contribution is 2.24. The quantitative estimate of drug-likeness (QED) is 0.286. The number of hydrogen-bond acceptors (Lipinski definition) is 6. The number of amides is 1. The zero-order chi connectivity index (χ0) is 28.6. The summed E-state index contributed by atoms with van der Waals surface area (Å²) in [6.07, 6.45) is 0. The van der Waals surface area contributed by atoms with E-state index >= 15 is 0 Å². The summed E-state index contributed by atoms with van der Waals surface area (Å²) >= 11 is 0. The van der Waals surface area contributed by atoms with Gasteiger partial charge in [0.25, 0.3) is 5.91 Å². The van der Waals surface area contributed by atoms with Crippen molar-refractivity contribution >= 4 is 44.0 Å². The van der Waals surface area contributed by atoms with Crippen LogP contribution in [0, 0.1) is 0 Å². The minimum atomic E-state index is -3.77. The molecule has 0 saturated carbocycles. The first kappa shape index (κ1) is 26.4. The van der Waals surface area contributed by atoms with Crippen molar-refractivity contribution in [3.05, 3.63) is 113 Å². The maximum atomic E-state index is 13.2. The molecule has 11 heteroatoms. The lowest BCUT2D eigenvalue weighted by atomic mass is 10.1. The number of nitrogens with zero attached hydrogens (tertiary/aromatic N) is 3. The first-order chi connectivity index (χ1) is 19.8. The van der Waals surface area contributed by atoms with Gasteiger partial charge in [0, 0.05) is 48.8 Å². The molecule has 0 unspecified atom stereocenters. The molecule has 41 heavy (non-hydrogen) atoms. The Hall–Kier alpha value is -4.87. The third-order valence-corrected chi connectivity index (χ3v) is 8.14. The second-order valence-electron chi connectivity index (χ2n) is 9.85. The summed E-state index contributed by atoms with van der Waals surface area (Å²) in [7, 11) is -3.77. The molecule has 10 nitrogen and oxygen atoms in total. The monoisotopic (exact) mass is 568 g/mol. The average Bonchev–Trinajstić information content (AvgIpc) is 3.32. The minimum absolute atomic E-state index is 0.0247. The number of hydrogen-bond donors (Lipinski definition) is 3. The number of piperazine rings is 1. The molecule has 208 valence electrons. The summed E-state index contributed by atoms with van der Waals surface area (Å²) in [5, 5.41) is 8.36. The molecule has 1 fully saturated rings. The largest absolute Gasteiger partial charge is 0.368 e. The number of imidazole rings is 1. The fraction of sp³-hybridized carbons (Fsp3) is 0.133. The summed E-state index contributed by atoms with van der Waals surface area (Å²) in [5.74, 6) is -0.0247. The second kappa shape index (κ2) is 10.6. The molecule has 2 heterocycles. The van der Waals surface area contributed by atoms with E-state index in [2.05, 4.69) is 27.3 Å². The highest BCUT2D eigenvalue weighted by molar-refractivity contribution is 7.89. The van der Waals surface area contributed by atoms with Gasteiger partial charge in [-0.05, 0) is 78.9 Å². The van der Waals surface area contributed by atoms with Crippen molar-refractivity contribution in [2.75, 3.05) is 36.4 Å². The molecule has 0 radical (unpaired) electrons. The third-order valence-electron chi connectivity index (χ3n) is 7.21. The number of primary sulfonamides is 1. The minimum Gasteiger partial charge on any atom is -0.368 e. The highest BCUT2D eigenvalue weighted by Gasteiger charge is 2.22. The topological polar surface area (TPSA) is 134 Å². The van der Waals surface area contributed by atoms with Crippen LogP contribution in [0.5, 0.6) is 0 Å². The van der Waals surface area contributed by atoms with Gasteiger partial charge in [0.2, 0.25) is 10.0 Å². The van der Waals surface area contributed by atoms with E-state index in [9.17, 15) is 18.0 Å². The molecular weight excluding hydrogens is 540 g/mol. The van der Waals surface area contributed by atoms with Crippen LogP contribution < -0.4 is 21.0 Å². The molecule has 1 saturated heterocycles. The molecule has 0 aliphatic carbocycles. The molecule has 4 N–H and O–H groups in total. The lowest BCUT2D eigenvalue weighted by molar-refractivity contribution is 0.0747. The van der Waals surface area contributed by atoms with E-state index in [4.69, 9.17) is 5.14 Å². The van der Waals surface area contributed by atoms with E-state index in [1.807, 2.05) is 35.2 Å². The average molecular weight is 569 g/mol.